The Hall–Kier alpha value is -1.06. The van der Waals surface area contributed by atoms with Crippen molar-refractivity contribution < 1.29 is 14.8 Å². The fourth-order valence-corrected chi connectivity index (χ4v) is 2.74. The summed E-state index contributed by atoms with van der Waals surface area (Å²) in [7, 11) is 3.54. The molecule has 0 bridgehead atoms. The Kier molecular flexibility index (Phi) is 5.02. The third-order valence-electron chi connectivity index (χ3n) is 3.87. The monoisotopic (exact) mass is 250 g/mol. The lowest BCUT2D eigenvalue weighted by Gasteiger charge is -2.28. The van der Waals surface area contributed by atoms with E-state index in [9.17, 15) is 0 Å². The van der Waals surface area contributed by atoms with Crippen LogP contribution in [0.1, 0.15) is 31.2 Å². The summed E-state index contributed by atoms with van der Waals surface area (Å²) in [5, 5.41) is 2.43. The smallest absolute Gasteiger partial charge is 0.118 e. The van der Waals surface area contributed by atoms with Gasteiger partial charge in [-0.3, -0.25) is 0 Å². The summed E-state index contributed by atoms with van der Waals surface area (Å²) in [4.78, 5) is 0. The van der Waals surface area contributed by atoms with E-state index < -0.39 is 0 Å². The molecule has 1 aromatic carbocycles. The quantitative estimate of drug-likeness (QED) is 0.863. The molecule has 0 aliphatic heterocycles. The van der Waals surface area contributed by atoms with E-state index in [-0.39, 0.29) is 0 Å². The number of hydrogen-bond donors (Lipinski definition) is 1. The normalized spacial score (nSPS) is 23.9. The fourth-order valence-electron chi connectivity index (χ4n) is 2.74. The molecule has 0 heterocycles. The second-order valence-electron chi connectivity index (χ2n) is 5.01. The lowest BCUT2D eigenvalue weighted by atomic mass is 9.92. The van der Waals surface area contributed by atoms with E-state index in [0.29, 0.717) is 12.1 Å². The first-order valence-corrected chi connectivity index (χ1v) is 6.82. The zero-order valence-electron chi connectivity index (χ0n) is 11.4. The Bertz CT molecular complexity index is 350. The number of benzene rings is 1. The van der Waals surface area contributed by atoms with Crippen molar-refractivity contribution in [3.63, 3.8) is 0 Å². The minimum absolute atomic E-state index is 0.428. The molecule has 0 spiro atoms. The molecule has 2 rings (SSSR count). The number of methoxy groups -OCH3 is 2. The molecule has 3 nitrogen and oxygen atoms in total. The van der Waals surface area contributed by atoms with Gasteiger partial charge in [0.2, 0.25) is 0 Å². The summed E-state index contributed by atoms with van der Waals surface area (Å²) in [6, 6.07) is 8.95. The van der Waals surface area contributed by atoms with Crippen LogP contribution >= 0.6 is 0 Å². The van der Waals surface area contributed by atoms with Crippen molar-refractivity contribution in [1.82, 2.24) is 0 Å². The van der Waals surface area contributed by atoms with Gasteiger partial charge in [0, 0.05) is 19.1 Å². The number of ether oxygens (including phenoxy) is 2. The zero-order chi connectivity index (χ0) is 12.8. The highest BCUT2D eigenvalue weighted by Gasteiger charge is 2.27. The van der Waals surface area contributed by atoms with Gasteiger partial charge in [0.05, 0.1) is 7.11 Å². The van der Waals surface area contributed by atoms with Crippen LogP contribution in [0.2, 0.25) is 0 Å². The lowest BCUT2D eigenvalue weighted by molar-refractivity contribution is -0.713. The first-order chi connectivity index (χ1) is 8.83. The fraction of sp³-hybridized carbons (Fsp3) is 0.600. The van der Waals surface area contributed by atoms with Crippen molar-refractivity contribution in [1.29, 1.82) is 0 Å². The molecule has 0 aromatic heterocycles. The van der Waals surface area contributed by atoms with Gasteiger partial charge in [-0.15, -0.1) is 0 Å². The summed E-state index contributed by atoms with van der Waals surface area (Å²) < 4.78 is 10.7. The molecule has 0 unspecified atom stereocenters. The van der Waals surface area contributed by atoms with Crippen LogP contribution in [0.15, 0.2) is 24.3 Å². The first kappa shape index (κ1) is 13.4. The van der Waals surface area contributed by atoms with Crippen LogP contribution in [0.5, 0.6) is 5.75 Å². The number of quaternary nitrogens is 1. The maximum absolute atomic E-state index is 5.58. The third kappa shape index (κ3) is 3.47. The minimum Gasteiger partial charge on any atom is -0.497 e. The highest BCUT2D eigenvalue weighted by atomic mass is 16.5. The van der Waals surface area contributed by atoms with Crippen LogP contribution in [0.25, 0.3) is 0 Å². The number of hydrogen-bond acceptors (Lipinski definition) is 2. The van der Waals surface area contributed by atoms with Crippen LogP contribution in [0.3, 0.4) is 0 Å². The predicted molar refractivity (Wildman–Crippen MR) is 71.7 cm³/mol. The van der Waals surface area contributed by atoms with E-state index in [2.05, 4.69) is 17.4 Å². The van der Waals surface area contributed by atoms with Crippen molar-refractivity contribution >= 4 is 0 Å². The molecule has 0 radical (unpaired) electrons. The van der Waals surface area contributed by atoms with E-state index >= 15 is 0 Å². The molecule has 2 N–H and O–H groups in total. The second-order valence-corrected chi connectivity index (χ2v) is 5.01. The molecule has 2 atom stereocenters. The summed E-state index contributed by atoms with van der Waals surface area (Å²) in [5.74, 6) is 0.922. The highest BCUT2D eigenvalue weighted by Crippen LogP contribution is 2.18. The van der Waals surface area contributed by atoms with Crippen LogP contribution < -0.4 is 10.1 Å². The summed E-state index contributed by atoms with van der Waals surface area (Å²) in [6.45, 7) is 1.02. The van der Waals surface area contributed by atoms with E-state index in [0.717, 1.165) is 12.3 Å². The van der Waals surface area contributed by atoms with Gasteiger partial charge in [0.25, 0.3) is 0 Å². The molecule has 0 amide bonds. The molecule has 0 saturated heterocycles. The second kappa shape index (κ2) is 6.76. The molecule has 1 fully saturated rings. The highest BCUT2D eigenvalue weighted by molar-refractivity contribution is 5.26. The molecule has 1 saturated carbocycles. The maximum atomic E-state index is 5.58. The summed E-state index contributed by atoms with van der Waals surface area (Å²) >= 11 is 0. The topological polar surface area (TPSA) is 35.1 Å². The first-order valence-electron chi connectivity index (χ1n) is 6.82. The Morgan fingerprint density at radius 3 is 2.50 bits per heavy atom. The van der Waals surface area contributed by atoms with Gasteiger partial charge in [-0.1, -0.05) is 6.42 Å². The van der Waals surface area contributed by atoms with Crippen molar-refractivity contribution in [2.24, 2.45) is 0 Å². The molecule has 18 heavy (non-hydrogen) atoms. The maximum Gasteiger partial charge on any atom is 0.118 e. The number of nitrogens with two attached hydrogens (primary N) is 1. The van der Waals surface area contributed by atoms with Crippen LogP contribution in [0.4, 0.5) is 0 Å². The van der Waals surface area contributed by atoms with Crippen molar-refractivity contribution in [2.75, 3.05) is 14.2 Å². The SMILES string of the molecule is COc1ccc(C[NH2+][C@@H]2CCCC[C@H]2OC)cc1. The van der Waals surface area contributed by atoms with Crippen molar-refractivity contribution in [3.8, 4) is 5.75 Å². The van der Waals surface area contributed by atoms with Gasteiger partial charge >= 0.3 is 0 Å². The lowest BCUT2D eigenvalue weighted by Crippen LogP contribution is -2.91. The van der Waals surface area contributed by atoms with E-state index in [1.807, 2.05) is 19.2 Å². The molecule has 1 aliphatic carbocycles. The van der Waals surface area contributed by atoms with Crippen LogP contribution in [-0.2, 0) is 11.3 Å². The standard InChI is InChI=1S/C15H23NO2/c1-17-13-9-7-12(8-10-13)11-16-14-5-3-4-6-15(14)18-2/h7-10,14-16H,3-6,11H2,1-2H3/p+1/t14-,15-/m1/s1. The predicted octanol–water partition coefficient (Wildman–Crippen LogP) is 1.72. The van der Waals surface area contributed by atoms with Crippen molar-refractivity contribution in [2.45, 2.75) is 44.4 Å². The van der Waals surface area contributed by atoms with Gasteiger partial charge < -0.3 is 14.8 Å². The third-order valence-corrected chi connectivity index (χ3v) is 3.87. The molecule has 1 aliphatic rings. The van der Waals surface area contributed by atoms with Gasteiger partial charge in [0.1, 0.15) is 24.4 Å². The van der Waals surface area contributed by atoms with Crippen LogP contribution in [0, 0.1) is 0 Å². The molecular formula is C15H24NO2+. The molecule has 1 aromatic rings. The minimum atomic E-state index is 0.428. The Morgan fingerprint density at radius 1 is 1.11 bits per heavy atom. The Labute approximate surface area is 109 Å². The van der Waals surface area contributed by atoms with Crippen molar-refractivity contribution in [3.05, 3.63) is 29.8 Å². The van der Waals surface area contributed by atoms with Gasteiger partial charge in [-0.05, 0) is 37.1 Å². The summed E-state index contributed by atoms with van der Waals surface area (Å²) in [6.07, 6.45) is 5.56. The average molecular weight is 250 g/mol. The number of rotatable bonds is 5. The van der Waals surface area contributed by atoms with E-state index in [1.165, 1.54) is 31.2 Å². The van der Waals surface area contributed by atoms with E-state index in [1.54, 1.807) is 7.11 Å². The van der Waals surface area contributed by atoms with Gasteiger partial charge in [-0.25, -0.2) is 0 Å². The zero-order valence-corrected chi connectivity index (χ0v) is 11.4. The van der Waals surface area contributed by atoms with E-state index in [4.69, 9.17) is 9.47 Å². The average Bonchev–Trinajstić information content (AvgIpc) is 2.46. The van der Waals surface area contributed by atoms with Crippen LogP contribution in [-0.4, -0.2) is 26.4 Å². The Balaban J connectivity index is 1.85. The Morgan fingerprint density at radius 2 is 1.83 bits per heavy atom. The molecule has 100 valence electrons. The van der Waals surface area contributed by atoms with Gasteiger partial charge in [0.15, 0.2) is 0 Å². The summed E-state index contributed by atoms with van der Waals surface area (Å²) in [5.41, 5.74) is 1.34. The largest absolute Gasteiger partial charge is 0.497 e. The van der Waals surface area contributed by atoms with Gasteiger partial charge in [-0.2, -0.15) is 0 Å². The molecular weight excluding hydrogens is 226 g/mol. The molecule has 3 heteroatoms.